The summed E-state index contributed by atoms with van der Waals surface area (Å²) in [4.78, 5) is 49.3. The summed E-state index contributed by atoms with van der Waals surface area (Å²) < 4.78 is 17.7. The van der Waals surface area contributed by atoms with Crippen molar-refractivity contribution >= 4 is 23.6 Å². The number of hydrogen-bond donors (Lipinski definition) is 0. The molecule has 0 unspecified atom stereocenters. The molecule has 7 heteroatoms. The number of imide groups is 1. The molecule has 0 radical (unpaired) electrons. The minimum atomic E-state index is -0.704. The highest BCUT2D eigenvalue weighted by atomic mass is 19.1. The van der Waals surface area contributed by atoms with Gasteiger partial charge in [0, 0.05) is 17.7 Å². The van der Waals surface area contributed by atoms with Crippen molar-refractivity contribution in [2.45, 2.75) is 12.8 Å². The predicted molar refractivity (Wildman–Crippen MR) is 92.5 cm³/mol. The zero-order valence-corrected chi connectivity index (χ0v) is 14.3. The molecule has 3 rings (SSSR count). The zero-order valence-electron chi connectivity index (χ0n) is 14.3. The van der Waals surface area contributed by atoms with Gasteiger partial charge in [0.15, 0.2) is 12.4 Å². The van der Waals surface area contributed by atoms with Gasteiger partial charge in [0.2, 0.25) is 5.91 Å². The van der Waals surface area contributed by atoms with Crippen molar-refractivity contribution in [3.05, 3.63) is 71.0 Å². The zero-order chi connectivity index (χ0) is 19.4. The number of ether oxygens (including phenoxy) is 1. The summed E-state index contributed by atoms with van der Waals surface area (Å²) in [5.74, 6) is -2.47. The number of carbonyl (C=O) groups is 4. The summed E-state index contributed by atoms with van der Waals surface area (Å²) in [6.07, 6.45) is -0.115. The molecule has 0 saturated heterocycles. The molecule has 1 aliphatic rings. The molecule has 0 saturated carbocycles. The first-order valence-corrected chi connectivity index (χ1v) is 8.32. The third kappa shape index (κ3) is 4.25. The quantitative estimate of drug-likeness (QED) is 0.443. The lowest BCUT2D eigenvalue weighted by molar-refractivity contribution is -0.143. The number of esters is 1. The van der Waals surface area contributed by atoms with E-state index in [4.69, 9.17) is 4.74 Å². The maximum atomic E-state index is 12.8. The van der Waals surface area contributed by atoms with Crippen molar-refractivity contribution < 1.29 is 28.3 Å². The van der Waals surface area contributed by atoms with Crippen molar-refractivity contribution in [3.63, 3.8) is 0 Å². The van der Waals surface area contributed by atoms with E-state index in [2.05, 4.69) is 0 Å². The Labute approximate surface area is 154 Å². The molecule has 0 bridgehead atoms. The van der Waals surface area contributed by atoms with Gasteiger partial charge in [-0.1, -0.05) is 18.2 Å². The molecule has 27 heavy (non-hydrogen) atoms. The van der Waals surface area contributed by atoms with E-state index in [1.165, 1.54) is 12.1 Å². The number of nitrogens with zero attached hydrogens (tertiary/aromatic N) is 1. The second-order valence-corrected chi connectivity index (χ2v) is 6.03. The number of carbonyl (C=O) groups excluding carboxylic acids is 4. The molecule has 0 aliphatic carbocycles. The van der Waals surface area contributed by atoms with Gasteiger partial charge < -0.3 is 4.74 Å². The third-order valence-corrected chi connectivity index (χ3v) is 4.21. The summed E-state index contributed by atoms with van der Waals surface area (Å²) >= 11 is 0. The van der Waals surface area contributed by atoms with Gasteiger partial charge in [0.25, 0.3) is 5.91 Å². The largest absolute Gasteiger partial charge is 0.457 e. The van der Waals surface area contributed by atoms with Crippen LogP contribution in [-0.2, 0) is 20.7 Å². The highest BCUT2D eigenvalue weighted by molar-refractivity contribution is 6.09. The van der Waals surface area contributed by atoms with Crippen LogP contribution in [0.25, 0.3) is 0 Å². The van der Waals surface area contributed by atoms with Crippen molar-refractivity contribution in [1.29, 1.82) is 0 Å². The fourth-order valence-corrected chi connectivity index (χ4v) is 2.77. The Hall–Kier alpha value is -3.35. The molecular formula is C20H16FNO5. The topological polar surface area (TPSA) is 80.8 Å². The van der Waals surface area contributed by atoms with E-state index in [1.54, 1.807) is 24.3 Å². The average molecular weight is 369 g/mol. The summed E-state index contributed by atoms with van der Waals surface area (Å²) in [6.45, 7) is -0.606. The van der Waals surface area contributed by atoms with E-state index in [1.807, 2.05) is 0 Å². The van der Waals surface area contributed by atoms with Crippen LogP contribution in [0.15, 0.2) is 48.5 Å². The molecule has 1 heterocycles. The molecule has 138 valence electrons. The maximum Gasteiger partial charge on any atom is 0.308 e. The van der Waals surface area contributed by atoms with E-state index in [-0.39, 0.29) is 30.9 Å². The summed E-state index contributed by atoms with van der Waals surface area (Å²) in [6, 6.07) is 11.7. The molecule has 2 amide bonds. The van der Waals surface area contributed by atoms with Crippen molar-refractivity contribution in [1.82, 2.24) is 4.90 Å². The first kappa shape index (κ1) is 18.4. The van der Waals surface area contributed by atoms with Gasteiger partial charge >= 0.3 is 5.97 Å². The number of fused-ring (bicyclic) bond motifs is 1. The Bertz CT molecular complexity index is 907. The van der Waals surface area contributed by atoms with Crippen LogP contribution < -0.4 is 0 Å². The lowest BCUT2D eigenvalue weighted by Gasteiger charge is -2.26. The summed E-state index contributed by atoms with van der Waals surface area (Å²) in [7, 11) is 0. The lowest BCUT2D eigenvalue weighted by Crippen LogP contribution is -2.43. The number of hydrogen-bond acceptors (Lipinski definition) is 5. The highest BCUT2D eigenvalue weighted by Gasteiger charge is 2.30. The second-order valence-electron chi connectivity index (χ2n) is 6.03. The number of Topliss-reactive ketones (excluding diaryl/α,β-unsaturated/α-hetero) is 1. The predicted octanol–water partition coefficient (Wildman–Crippen LogP) is 2.17. The van der Waals surface area contributed by atoms with Gasteiger partial charge in [0.1, 0.15) is 5.82 Å². The fourth-order valence-electron chi connectivity index (χ4n) is 2.77. The molecule has 1 aliphatic heterocycles. The molecule has 0 fully saturated rings. The minimum Gasteiger partial charge on any atom is -0.457 e. The third-order valence-electron chi connectivity index (χ3n) is 4.21. The van der Waals surface area contributed by atoms with Crippen LogP contribution >= 0.6 is 0 Å². The van der Waals surface area contributed by atoms with Crippen molar-refractivity contribution in [3.8, 4) is 0 Å². The molecule has 0 spiro atoms. The first-order valence-electron chi connectivity index (χ1n) is 8.32. The van der Waals surface area contributed by atoms with Crippen LogP contribution in [-0.4, -0.2) is 41.6 Å². The Morgan fingerprint density at radius 3 is 2.48 bits per heavy atom. The Kier molecular flexibility index (Phi) is 5.40. The number of rotatable bonds is 6. The highest BCUT2D eigenvalue weighted by Crippen LogP contribution is 2.19. The van der Waals surface area contributed by atoms with Gasteiger partial charge in [-0.2, -0.15) is 0 Å². The van der Waals surface area contributed by atoms with Crippen LogP contribution in [0.5, 0.6) is 0 Å². The monoisotopic (exact) mass is 369 g/mol. The lowest BCUT2D eigenvalue weighted by atomic mass is 9.98. The van der Waals surface area contributed by atoms with Gasteiger partial charge in [-0.3, -0.25) is 24.1 Å². The minimum absolute atomic E-state index is 0.0972. The van der Waals surface area contributed by atoms with Crippen LogP contribution in [0.3, 0.4) is 0 Å². The molecule has 0 aromatic heterocycles. The van der Waals surface area contributed by atoms with Crippen LogP contribution in [0.1, 0.15) is 32.7 Å². The molecule has 0 atom stereocenters. The van der Waals surface area contributed by atoms with Crippen LogP contribution in [0.2, 0.25) is 0 Å². The van der Waals surface area contributed by atoms with Crippen molar-refractivity contribution in [2.75, 3.05) is 13.2 Å². The second kappa shape index (κ2) is 7.90. The molecule has 0 N–H and O–H groups in total. The molecular weight excluding hydrogens is 353 g/mol. The van der Waals surface area contributed by atoms with Crippen LogP contribution in [0.4, 0.5) is 4.39 Å². The molecule has 6 nitrogen and oxygen atoms in total. The van der Waals surface area contributed by atoms with Gasteiger partial charge in [-0.05, 0) is 35.9 Å². The standard InChI is InChI=1S/C20H16FNO5/c21-15-7-5-13(6-8-15)17(23)12-27-19(25)9-10-22-18(24)11-14-3-1-2-4-16(14)20(22)26/h1-8H,9-12H2. The average Bonchev–Trinajstić information content (AvgIpc) is 2.66. The van der Waals surface area contributed by atoms with E-state index in [0.29, 0.717) is 11.1 Å². The van der Waals surface area contributed by atoms with Gasteiger partial charge in [-0.15, -0.1) is 0 Å². The maximum absolute atomic E-state index is 12.8. The number of halogens is 1. The van der Waals surface area contributed by atoms with E-state index >= 15 is 0 Å². The van der Waals surface area contributed by atoms with Crippen LogP contribution in [0, 0.1) is 5.82 Å². The number of ketones is 1. The van der Waals surface area contributed by atoms with Gasteiger partial charge in [0.05, 0.1) is 12.8 Å². The molecule has 2 aromatic rings. The smallest absolute Gasteiger partial charge is 0.308 e. The van der Waals surface area contributed by atoms with E-state index in [0.717, 1.165) is 17.0 Å². The molecule has 2 aromatic carbocycles. The SMILES string of the molecule is O=C(CCN1C(=O)Cc2ccccc2C1=O)OCC(=O)c1ccc(F)cc1. The number of amides is 2. The van der Waals surface area contributed by atoms with E-state index < -0.39 is 30.1 Å². The first-order chi connectivity index (χ1) is 13.0. The van der Waals surface area contributed by atoms with E-state index in [9.17, 15) is 23.6 Å². The Balaban J connectivity index is 1.52. The normalized spacial score (nSPS) is 13.3. The van der Waals surface area contributed by atoms with Gasteiger partial charge in [-0.25, -0.2) is 4.39 Å². The summed E-state index contributed by atoms with van der Waals surface area (Å²) in [5, 5.41) is 0. The fraction of sp³-hybridized carbons (Fsp3) is 0.200. The Morgan fingerprint density at radius 2 is 1.74 bits per heavy atom. The number of benzene rings is 2. The summed E-state index contributed by atoms with van der Waals surface area (Å²) in [5.41, 5.74) is 1.33. The van der Waals surface area contributed by atoms with Crippen molar-refractivity contribution in [2.24, 2.45) is 0 Å². The Morgan fingerprint density at radius 1 is 1.04 bits per heavy atom.